The first kappa shape index (κ1) is 25.5. The van der Waals surface area contributed by atoms with Crippen LogP contribution in [-0.4, -0.2) is 23.6 Å². The van der Waals surface area contributed by atoms with Gasteiger partial charge in [-0.1, -0.05) is 30.4 Å². The van der Waals surface area contributed by atoms with Crippen molar-refractivity contribution in [2.75, 3.05) is 9.80 Å². The Morgan fingerprint density at radius 1 is 0.455 bits per heavy atom. The second-order valence-electron chi connectivity index (χ2n) is 12.7. The minimum atomic E-state index is -0.232. The first-order chi connectivity index (χ1) is 21.4. The van der Waals surface area contributed by atoms with Crippen molar-refractivity contribution in [1.82, 2.24) is 0 Å². The first-order valence-electron chi connectivity index (χ1n) is 15.2. The highest BCUT2D eigenvalue weighted by Gasteiger charge is 2.60. The molecule has 0 spiro atoms. The van der Waals surface area contributed by atoms with Crippen molar-refractivity contribution in [3.8, 4) is 23.0 Å². The van der Waals surface area contributed by atoms with Crippen LogP contribution in [0.3, 0.4) is 0 Å². The summed E-state index contributed by atoms with van der Waals surface area (Å²) in [5, 5.41) is 0. The van der Waals surface area contributed by atoms with Crippen LogP contribution in [-0.2, 0) is 19.2 Å². The van der Waals surface area contributed by atoms with E-state index in [2.05, 4.69) is 24.3 Å². The lowest BCUT2D eigenvalue weighted by Gasteiger charge is -2.18. The highest BCUT2D eigenvalue weighted by atomic mass is 16.5. The standard InChI is InChI=1S/C36H28N2O6/c39-33-29-19-4-5-20(16-19)30(29)34(40)37(33)23-8-12-25(13-9-23)43-27-2-1-3-28(18-27)44-26-14-10-24(11-15-26)38-35(41)31-21-6-7-22(17-21)32(31)36(38)42/h1-15,18-22,29-32H,16-17H2/t19-,20-,21-,22-,29+,30+,31+,32+/m0/s1. The Kier molecular flexibility index (Phi) is 5.37. The second kappa shape index (κ2) is 9.26. The zero-order chi connectivity index (χ0) is 29.7. The summed E-state index contributed by atoms with van der Waals surface area (Å²) in [6.45, 7) is 0. The van der Waals surface area contributed by atoms with Gasteiger partial charge in [0.05, 0.1) is 35.0 Å². The summed E-state index contributed by atoms with van der Waals surface area (Å²) < 4.78 is 12.1. The van der Waals surface area contributed by atoms with Gasteiger partial charge in [0.1, 0.15) is 23.0 Å². The number of imide groups is 2. The minimum Gasteiger partial charge on any atom is -0.457 e. The van der Waals surface area contributed by atoms with Crippen molar-refractivity contribution in [3.63, 3.8) is 0 Å². The molecule has 8 atom stereocenters. The molecule has 2 aliphatic heterocycles. The quantitative estimate of drug-likeness (QED) is 0.265. The number of rotatable bonds is 6. The Labute approximate surface area is 253 Å². The normalized spacial score (nSPS) is 32.3. The highest BCUT2D eigenvalue weighted by molar-refractivity contribution is 6.23. The van der Waals surface area contributed by atoms with E-state index in [1.807, 2.05) is 18.2 Å². The molecule has 8 heteroatoms. The van der Waals surface area contributed by atoms with Gasteiger partial charge in [0, 0.05) is 6.07 Å². The van der Waals surface area contributed by atoms with Crippen molar-refractivity contribution in [2.24, 2.45) is 47.3 Å². The summed E-state index contributed by atoms with van der Waals surface area (Å²) in [7, 11) is 0. The molecule has 44 heavy (non-hydrogen) atoms. The van der Waals surface area contributed by atoms with E-state index in [4.69, 9.17) is 9.47 Å². The average Bonchev–Trinajstić information content (AvgIpc) is 3.88. The van der Waals surface area contributed by atoms with Crippen LogP contribution in [0, 0.1) is 47.3 Å². The Morgan fingerprint density at radius 2 is 0.795 bits per heavy atom. The van der Waals surface area contributed by atoms with Gasteiger partial charge in [-0.05, 0) is 97.2 Å². The molecule has 0 N–H and O–H groups in total. The number of anilines is 2. The number of carbonyl (C=O) groups is 4. The molecule has 6 aliphatic rings. The number of nitrogens with zero attached hydrogens (tertiary/aromatic N) is 2. The molecule has 4 aliphatic carbocycles. The van der Waals surface area contributed by atoms with E-state index in [9.17, 15) is 19.2 Å². The van der Waals surface area contributed by atoms with Crippen molar-refractivity contribution in [3.05, 3.63) is 97.1 Å². The molecule has 2 saturated heterocycles. The number of carbonyl (C=O) groups excluding carboxylic acids is 4. The largest absolute Gasteiger partial charge is 0.457 e. The Balaban J connectivity index is 0.864. The van der Waals surface area contributed by atoms with Crippen LogP contribution in [0.5, 0.6) is 23.0 Å². The molecule has 0 unspecified atom stereocenters. The third kappa shape index (κ3) is 3.63. The summed E-state index contributed by atoms with van der Waals surface area (Å²) in [5.41, 5.74) is 1.12. The number of amides is 4. The number of hydrogen-bond acceptors (Lipinski definition) is 6. The molecule has 2 heterocycles. The number of allylic oxidation sites excluding steroid dienone is 4. The molecule has 0 radical (unpaired) electrons. The first-order valence-corrected chi connectivity index (χ1v) is 15.2. The molecule has 4 amide bonds. The molecular weight excluding hydrogens is 556 g/mol. The number of benzene rings is 3. The van der Waals surface area contributed by atoms with Crippen LogP contribution in [0.1, 0.15) is 12.8 Å². The SMILES string of the molecule is O=C1[C@H]2[C@H](C(=O)N1c1ccc(Oc3cccc(Oc4ccc(N5C(=O)[C@H]6[C@H](C5=O)[C@H]5C=C[C@H]6C5)cc4)c3)cc1)[C@H]1C=C[C@H]2C1. The van der Waals surface area contributed by atoms with E-state index in [1.165, 1.54) is 9.80 Å². The molecule has 2 saturated carbocycles. The monoisotopic (exact) mass is 584 g/mol. The summed E-state index contributed by atoms with van der Waals surface area (Å²) in [6, 6.07) is 21.2. The molecule has 4 bridgehead atoms. The molecule has 4 fully saturated rings. The summed E-state index contributed by atoms with van der Waals surface area (Å²) >= 11 is 0. The number of fused-ring (bicyclic) bond motifs is 10. The topological polar surface area (TPSA) is 93.2 Å². The third-order valence-electron chi connectivity index (χ3n) is 10.4. The van der Waals surface area contributed by atoms with Crippen LogP contribution in [0.2, 0.25) is 0 Å². The van der Waals surface area contributed by atoms with Gasteiger partial charge in [-0.2, -0.15) is 0 Å². The number of ether oxygens (including phenoxy) is 2. The molecular formula is C36H28N2O6. The Hall–Kier alpha value is -4.98. The van der Waals surface area contributed by atoms with Gasteiger partial charge in [0.15, 0.2) is 0 Å². The van der Waals surface area contributed by atoms with Crippen molar-refractivity contribution < 1.29 is 28.7 Å². The predicted octanol–water partition coefficient (Wildman–Crippen LogP) is 5.89. The number of hydrogen-bond donors (Lipinski definition) is 0. The molecule has 9 rings (SSSR count). The fraction of sp³-hybridized carbons (Fsp3) is 0.278. The van der Waals surface area contributed by atoms with E-state index in [0.717, 1.165) is 12.8 Å². The van der Waals surface area contributed by atoms with Crippen molar-refractivity contribution in [2.45, 2.75) is 12.8 Å². The minimum absolute atomic E-state index is 0.103. The van der Waals surface area contributed by atoms with Gasteiger partial charge >= 0.3 is 0 Å². The van der Waals surface area contributed by atoms with Gasteiger partial charge in [-0.25, -0.2) is 0 Å². The lowest BCUT2D eigenvalue weighted by Crippen LogP contribution is -2.32. The molecule has 218 valence electrons. The van der Waals surface area contributed by atoms with E-state index in [1.54, 1.807) is 54.6 Å². The van der Waals surface area contributed by atoms with Crippen LogP contribution in [0.4, 0.5) is 11.4 Å². The van der Waals surface area contributed by atoms with Crippen LogP contribution < -0.4 is 19.3 Å². The van der Waals surface area contributed by atoms with Crippen LogP contribution in [0.25, 0.3) is 0 Å². The van der Waals surface area contributed by atoms with Crippen LogP contribution in [0.15, 0.2) is 97.1 Å². The molecule has 0 aromatic heterocycles. The molecule has 8 nitrogen and oxygen atoms in total. The fourth-order valence-electron chi connectivity index (χ4n) is 8.51. The summed E-state index contributed by atoms with van der Waals surface area (Å²) in [6.07, 6.45) is 10.2. The van der Waals surface area contributed by atoms with Crippen molar-refractivity contribution in [1.29, 1.82) is 0 Å². The van der Waals surface area contributed by atoms with Gasteiger partial charge in [0.2, 0.25) is 23.6 Å². The van der Waals surface area contributed by atoms with E-state index in [-0.39, 0.29) is 71.0 Å². The maximum absolute atomic E-state index is 13.1. The summed E-state index contributed by atoms with van der Waals surface area (Å²) in [4.78, 5) is 55.2. The second-order valence-corrected chi connectivity index (χ2v) is 12.7. The average molecular weight is 585 g/mol. The van der Waals surface area contributed by atoms with Crippen molar-refractivity contribution >= 4 is 35.0 Å². The van der Waals surface area contributed by atoms with Gasteiger partial charge in [-0.15, -0.1) is 0 Å². The van der Waals surface area contributed by atoms with E-state index < -0.39 is 0 Å². The van der Waals surface area contributed by atoms with Gasteiger partial charge in [-0.3, -0.25) is 29.0 Å². The zero-order valence-corrected chi connectivity index (χ0v) is 23.6. The maximum atomic E-state index is 13.1. The highest BCUT2D eigenvalue weighted by Crippen LogP contribution is 2.54. The smallest absolute Gasteiger partial charge is 0.238 e. The van der Waals surface area contributed by atoms with E-state index in [0.29, 0.717) is 34.4 Å². The molecule has 3 aromatic carbocycles. The third-order valence-corrected chi connectivity index (χ3v) is 10.4. The van der Waals surface area contributed by atoms with E-state index >= 15 is 0 Å². The van der Waals surface area contributed by atoms with Gasteiger partial charge in [0.25, 0.3) is 0 Å². The fourth-order valence-corrected chi connectivity index (χ4v) is 8.51. The lowest BCUT2D eigenvalue weighted by molar-refractivity contribution is -0.124. The Bertz CT molecular complexity index is 1620. The van der Waals surface area contributed by atoms with Gasteiger partial charge < -0.3 is 9.47 Å². The maximum Gasteiger partial charge on any atom is 0.238 e. The van der Waals surface area contributed by atoms with Crippen LogP contribution >= 0.6 is 0 Å². The summed E-state index contributed by atoms with van der Waals surface area (Å²) in [5.74, 6) is 1.59. The Morgan fingerprint density at radius 3 is 1.14 bits per heavy atom. The lowest BCUT2D eigenvalue weighted by atomic mass is 9.85. The zero-order valence-electron chi connectivity index (χ0n) is 23.6. The predicted molar refractivity (Wildman–Crippen MR) is 160 cm³/mol. The molecule has 3 aromatic rings.